The lowest BCUT2D eigenvalue weighted by atomic mass is 10.1. The van der Waals surface area contributed by atoms with E-state index < -0.39 is 11.9 Å². The SMILES string of the molecule is C[C@H](O)c1ccc(OCc2ccc3c(c2)CCC3)c(F)c1. The molecule has 0 bridgehead atoms. The van der Waals surface area contributed by atoms with Crippen LogP contribution in [0.4, 0.5) is 4.39 Å². The first-order valence-corrected chi connectivity index (χ1v) is 7.34. The maximum Gasteiger partial charge on any atom is 0.165 e. The Hall–Kier alpha value is -1.87. The normalized spacial score (nSPS) is 14.8. The maximum atomic E-state index is 13.9. The number of aliphatic hydroxyl groups excluding tert-OH is 1. The molecule has 3 heteroatoms. The van der Waals surface area contributed by atoms with Crippen molar-refractivity contribution in [1.29, 1.82) is 0 Å². The van der Waals surface area contributed by atoms with Crippen LogP contribution >= 0.6 is 0 Å². The van der Waals surface area contributed by atoms with Crippen molar-refractivity contribution in [1.82, 2.24) is 0 Å². The zero-order valence-electron chi connectivity index (χ0n) is 12.1. The van der Waals surface area contributed by atoms with Crippen LogP contribution < -0.4 is 4.74 Å². The van der Waals surface area contributed by atoms with Crippen LogP contribution in [0.25, 0.3) is 0 Å². The first kappa shape index (κ1) is 14.1. The summed E-state index contributed by atoms with van der Waals surface area (Å²) < 4.78 is 19.5. The summed E-state index contributed by atoms with van der Waals surface area (Å²) in [6.45, 7) is 1.97. The van der Waals surface area contributed by atoms with Crippen molar-refractivity contribution >= 4 is 0 Å². The van der Waals surface area contributed by atoms with Crippen LogP contribution in [0.5, 0.6) is 5.75 Å². The van der Waals surface area contributed by atoms with Crippen molar-refractivity contribution in [2.45, 2.75) is 38.9 Å². The summed E-state index contributed by atoms with van der Waals surface area (Å²) in [7, 11) is 0. The lowest BCUT2D eigenvalue weighted by molar-refractivity contribution is 0.198. The summed E-state index contributed by atoms with van der Waals surface area (Å²) in [5, 5.41) is 9.43. The van der Waals surface area contributed by atoms with Crippen LogP contribution in [0.3, 0.4) is 0 Å². The second kappa shape index (κ2) is 5.86. The van der Waals surface area contributed by atoms with E-state index in [4.69, 9.17) is 4.74 Å². The van der Waals surface area contributed by atoms with E-state index in [-0.39, 0.29) is 5.75 Å². The molecule has 0 aliphatic heterocycles. The van der Waals surface area contributed by atoms with Gasteiger partial charge in [-0.25, -0.2) is 4.39 Å². The molecule has 3 rings (SSSR count). The monoisotopic (exact) mass is 286 g/mol. The second-order valence-electron chi connectivity index (χ2n) is 5.61. The van der Waals surface area contributed by atoms with Gasteiger partial charge in [0, 0.05) is 0 Å². The van der Waals surface area contributed by atoms with Gasteiger partial charge < -0.3 is 9.84 Å². The fraction of sp³-hybridized carbons (Fsp3) is 0.333. The predicted molar refractivity (Wildman–Crippen MR) is 79.8 cm³/mol. The number of halogens is 1. The molecule has 0 heterocycles. The number of rotatable bonds is 4. The summed E-state index contributed by atoms with van der Waals surface area (Å²) in [6, 6.07) is 10.9. The first-order valence-electron chi connectivity index (χ1n) is 7.34. The van der Waals surface area contributed by atoms with Crippen molar-refractivity contribution in [3.05, 3.63) is 64.5 Å². The van der Waals surface area contributed by atoms with E-state index in [9.17, 15) is 9.50 Å². The van der Waals surface area contributed by atoms with E-state index in [1.807, 2.05) is 6.07 Å². The Morgan fingerprint density at radius 3 is 2.71 bits per heavy atom. The molecule has 1 aliphatic carbocycles. The zero-order valence-corrected chi connectivity index (χ0v) is 12.1. The maximum absolute atomic E-state index is 13.9. The van der Waals surface area contributed by atoms with Gasteiger partial charge in [-0.15, -0.1) is 0 Å². The van der Waals surface area contributed by atoms with Crippen molar-refractivity contribution in [3.63, 3.8) is 0 Å². The van der Waals surface area contributed by atoms with Gasteiger partial charge in [-0.3, -0.25) is 0 Å². The highest BCUT2D eigenvalue weighted by Gasteiger charge is 2.12. The number of aryl methyl sites for hydroxylation is 2. The Kier molecular flexibility index (Phi) is 3.93. The molecule has 0 spiro atoms. The molecule has 0 saturated carbocycles. The zero-order chi connectivity index (χ0) is 14.8. The minimum atomic E-state index is -0.676. The third-order valence-electron chi connectivity index (χ3n) is 4.00. The van der Waals surface area contributed by atoms with Crippen molar-refractivity contribution < 1.29 is 14.2 Å². The lowest BCUT2D eigenvalue weighted by Crippen LogP contribution is -2.00. The average molecular weight is 286 g/mol. The highest BCUT2D eigenvalue weighted by atomic mass is 19.1. The van der Waals surface area contributed by atoms with Crippen molar-refractivity contribution in [2.75, 3.05) is 0 Å². The van der Waals surface area contributed by atoms with E-state index in [2.05, 4.69) is 12.1 Å². The largest absolute Gasteiger partial charge is 0.486 e. The smallest absolute Gasteiger partial charge is 0.165 e. The highest BCUT2D eigenvalue weighted by molar-refractivity contribution is 5.36. The fourth-order valence-electron chi connectivity index (χ4n) is 2.77. The highest BCUT2D eigenvalue weighted by Crippen LogP contribution is 2.25. The van der Waals surface area contributed by atoms with Gasteiger partial charge in [0.25, 0.3) is 0 Å². The second-order valence-corrected chi connectivity index (χ2v) is 5.61. The summed E-state index contributed by atoms with van der Waals surface area (Å²) >= 11 is 0. The number of aliphatic hydroxyl groups is 1. The Bertz CT molecular complexity index is 650. The lowest BCUT2D eigenvalue weighted by Gasteiger charge is -2.11. The average Bonchev–Trinajstić information content (AvgIpc) is 2.93. The van der Waals surface area contributed by atoms with Gasteiger partial charge in [0.1, 0.15) is 6.61 Å². The Morgan fingerprint density at radius 2 is 1.95 bits per heavy atom. The molecule has 2 aromatic rings. The molecule has 110 valence electrons. The molecule has 0 radical (unpaired) electrons. The van der Waals surface area contributed by atoms with Gasteiger partial charge in [-0.1, -0.05) is 24.3 Å². The minimum Gasteiger partial charge on any atom is -0.486 e. The quantitative estimate of drug-likeness (QED) is 0.922. The topological polar surface area (TPSA) is 29.5 Å². The Labute approximate surface area is 124 Å². The van der Waals surface area contributed by atoms with E-state index in [1.54, 1.807) is 19.1 Å². The molecule has 0 saturated heterocycles. The van der Waals surface area contributed by atoms with Gasteiger partial charge in [0.2, 0.25) is 0 Å². The molecular formula is C18H19FO2. The van der Waals surface area contributed by atoms with E-state index in [1.165, 1.54) is 23.6 Å². The number of fused-ring (bicyclic) bond motifs is 1. The van der Waals surface area contributed by atoms with Crippen LogP contribution in [0, 0.1) is 5.82 Å². The van der Waals surface area contributed by atoms with Crippen molar-refractivity contribution in [3.8, 4) is 5.75 Å². The predicted octanol–water partition coefficient (Wildman–Crippen LogP) is 3.95. The molecule has 1 aliphatic rings. The molecule has 0 aromatic heterocycles. The summed E-state index contributed by atoms with van der Waals surface area (Å²) in [4.78, 5) is 0. The van der Waals surface area contributed by atoms with Crippen LogP contribution in [-0.2, 0) is 19.4 Å². The van der Waals surface area contributed by atoms with E-state index in [0.717, 1.165) is 18.4 Å². The van der Waals surface area contributed by atoms with Gasteiger partial charge in [0.15, 0.2) is 11.6 Å². The fourth-order valence-corrected chi connectivity index (χ4v) is 2.77. The molecule has 1 N–H and O–H groups in total. The molecule has 1 atom stereocenters. The molecule has 0 unspecified atom stereocenters. The first-order chi connectivity index (χ1) is 10.1. The number of hydrogen-bond acceptors (Lipinski definition) is 2. The molecule has 0 fully saturated rings. The van der Waals surface area contributed by atoms with Crippen molar-refractivity contribution in [2.24, 2.45) is 0 Å². The minimum absolute atomic E-state index is 0.222. The van der Waals surface area contributed by atoms with E-state index in [0.29, 0.717) is 12.2 Å². The number of benzene rings is 2. The third kappa shape index (κ3) is 3.08. The molecule has 2 nitrogen and oxygen atoms in total. The summed E-state index contributed by atoms with van der Waals surface area (Å²) in [5.74, 6) is -0.213. The van der Waals surface area contributed by atoms with Gasteiger partial charge in [-0.05, 0) is 60.6 Å². The molecule has 0 amide bonds. The summed E-state index contributed by atoms with van der Waals surface area (Å²) in [5.41, 5.74) is 4.43. The third-order valence-corrected chi connectivity index (χ3v) is 4.00. The summed E-state index contributed by atoms with van der Waals surface area (Å²) in [6.07, 6.45) is 2.83. The standard InChI is InChI=1S/C18H19FO2/c1-12(20)15-7-8-18(17(19)10-15)21-11-13-5-6-14-3-2-4-16(14)9-13/h5-10,12,20H,2-4,11H2,1H3/t12-/m0/s1. The number of ether oxygens (including phenoxy) is 1. The van der Waals surface area contributed by atoms with Gasteiger partial charge in [-0.2, -0.15) is 0 Å². The molecule has 21 heavy (non-hydrogen) atoms. The molecular weight excluding hydrogens is 267 g/mol. The Balaban J connectivity index is 1.70. The van der Waals surface area contributed by atoms with E-state index >= 15 is 0 Å². The van der Waals surface area contributed by atoms with Crippen LogP contribution in [-0.4, -0.2) is 5.11 Å². The van der Waals surface area contributed by atoms with Crippen LogP contribution in [0.2, 0.25) is 0 Å². The van der Waals surface area contributed by atoms with Crippen LogP contribution in [0.1, 0.15) is 41.7 Å². The van der Waals surface area contributed by atoms with Gasteiger partial charge >= 0.3 is 0 Å². The Morgan fingerprint density at radius 1 is 1.14 bits per heavy atom. The number of hydrogen-bond donors (Lipinski definition) is 1. The van der Waals surface area contributed by atoms with Crippen LogP contribution in [0.15, 0.2) is 36.4 Å². The van der Waals surface area contributed by atoms with Gasteiger partial charge in [0.05, 0.1) is 6.10 Å². The molecule has 2 aromatic carbocycles.